The largest absolute Gasteiger partial charge is 0.344 e. The minimum Gasteiger partial charge on any atom is -0.344 e. The summed E-state index contributed by atoms with van der Waals surface area (Å²) in [5, 5.41) is 0. The summed E-state index contributed by atoms with van der Waals surface area (Å²) in [7, 11) is 0. The van der Waals surface area contributed by atoms with Crippen LogP contribution in [-0.2, 0) is 54.9 Å². The van der Waals surface area contributed by atoms with E-state index in [1.165, 1.54) is 0 Å². The van der Waals surface area contributed by atoms with Gasteiger partial charge in [0.2, 0.25) is 0 Å². The minimum atomic E-state index is 0. The smallest absolute Gasteiger partial charge is 0 e. The summed E-state index contributed by atoms with van der Waals surface area (Å²) in [6.45, 7) is 0. The Hall–Kier alpha value is 1.67. The molecule has 0 atom stereocenters. The minimum absolute atomic E-state index is 0. The van der Waals surface area contributed by atoms with Gasteiger partial charge in [-0.1, -0.05) is 0 Å². The van der Waals surface area contributed by atoms with Gasteiger partial charge in [0.25, 0.3) is 0 Å². The number of hydrogen-bond donors (Lipinski definition) is 1. The molecule has 0 aromatic carbocycles. The molecular weight excluding hydrogens is 225 g/mol. The van der Waals surface area contributed by atoms with Gasteiger partial charge in [0.05, 0.1) is 0 Å². The molecule has 0 unspecified atom stereocenters. The standard InChI is InChI=1S/Co.Fe.Mo.H3N/h;;;1H3. The van der Waals surface area contributed by atoms with Crippen LogP contribution in [0.2, 0.25) is 0 Å². The van der Waals surface area contributed by atoms with Crippen molar-refractivity contribution in [2.75, 3.05) is 0 Å². The molecule has 0 saturated carbocycles. The molecule has 0 aliphatic carbocycles. The van der Waals surface area contributed by atoms with E-state index in [4.69, 9.17) is 0 Å². The molecule has 0 aliphatic heterocycles. The molecule has 0 saturated heterocycles. The number of rotatable bonds is 0. The van der Waals surface area contributed by atoms with Gasteiger partial charge in [0.15, 0.2) is 0 Å². The van der Waals surface area contributed by atoms with Gasteiger partial charge < -0.3 is 6.15 Å². The fourth-order valence-corrected chi connectivity index (χ4v) is 0. The zero-order valence-corrected chi connectivity index (χ0v) is 5.95. The van der Waals surface area contributed by atoms with Crippen LogP contribution in [0.15, 0.2) is 0 Å². The Bertz CT molecular complexity index is 8.00. The fraction of sp³-hybridized carbons (Fsp3) is 0. The van der Waals surface area contributed by atoms with E-state index >= 15 is 0 Å². The topological polar surface area (TPSA) is 35.0 Å². The van der Waals surface area contributed by atoms with E-state index in [0.717, 1.165) is 0 Å². The van der Waals surface area contributed by atoms with Gasteiger partial charge in [-0.3, -0.25) is 0 Å². The van der Waals surface area contributed by atoms with Crippen molar-refractivity contribution in [1.82, 2.24) is 6.15 Å². The van der Waals surface area contributed by atoms with Gasteiger partial charge in [-0.25, -0.2) is 0 Å². The SMILES string of the molecule is N.[Co].[Fe].[Mo]. The van der Waals surface area contributed by atoms with Crippen molar-refractivity contribution >= 4 is 0 Å². The third-order valence-electron chi connectivity index (χ3n) is 0. The molecule has 0 fully saturated rings. The van der Waals surface area contributed by atoms with Crippen LogP contribution in [0.25, 0.3) is 0 Å². The Kier molecular flexibility index (Phi) is 249. The molecule has 0 aliphatic rings. The van der Waals surface area contributed by atoms with Crippen molar-refractivity contribution in [2.45, 2.75) is 0 Å². The summed E-state index contributed by atoms with van der Waals surface area (Å²) in [5.41, 5.74) is 0. The van der Waals surface area contributed by atoms with Crippen LogP contribution in [0.4, 0.5) is 0 Å². The van der Waals surface area contributed by atoms with Crippen molar-refractivity contribution < 1.29 is 54.9 Å². The summed E-state index contributed by atoms with van der Waals surface area (Å²) < 4.78 is 0. The molecule has 0 aromatic heterocycles. The molecule has 4 heavy (non-hydrogen) atoms. The first kappa shape index (κ1) is 44.2. The van der Waals surface area contributed by atoms with Crippen molar-refractivity contribution in [2.24, 2.45) is 0 Å². The first-order chi connectivity index (χ1) is 0. The van der Waals surface area contributed by atoms with Crippen LogP contribution in [0.3, 0.4) is 0 Å². The zero-order valence-electron chi connectivity index (χ0n) is 1.80. The summed E-state index contributed by atoms with van der Waals surface area (Å²) in [6.07, 6.45) is 0. The van der Waals surface area contributed by atoms with Crippen molar-refractivity contribution in [3.05, 3.63) is 0 Å². The number of hydrogen-bond acceptors (Lipinski definition) is 1. The molecule has 0 heterocycles. The average molecular weight is 228 g/mol. The fourth-order valence-electron chi connectivity index (χ4n) is 0. The monoisotopic (exact) mass is 230 g/mol. The Balaban J connectivity index is 0. The molecular formula is H3CoFeMoN. The summed E-state index contributed by atoms with van der Waals surface area (Å²) in [5.74, 6) is 0. The maximum absolute atomic E-state index is 0. The van der Waals surface area contributed by atoms with E-state index < -0.39 is 0 Å². The van der Waals surface area contributed by atoms with Crippen molar-refractivity contribution in [3.8, 4) is 0 Å². The Labute approximate surface area is 60.8 Å². The van der Waals surface area contributed by atoms with Crippen LogP contribution in [0.5, 0.6) is 0 Å². The second kappa shape index (κ2) is 22.5. The second-order valence-corrected chi connectivity index (χ2v) is 0. The van der Waals surface area contributed by atoms with E-state index in [1.54, 1.807) is 0 Å². The van der Waals surface area contributed by atoms with Crippen LogP contribution >= 0.6 is 0 Å². The summed E-state index contributed by atoms with van der Waals surface area (Å²) in [6, 6.07) is 0. The van der Waals surface area contributed by atoms with E-state index in [0.29, 0.717) is 0 Å². The van der Waals surface area contributed by atoms with Gasteiger partial charge in [0.1, 0.15) is 0 Å². The third-order valence-corrected chi connectivity index (χ3v) is 0. The molecule has 4 heteroatoms. The zero-order chi connectivity index (χ0) is 0. The third kappa shape index (κ3) is 9.37. The normalized spacial score (nSPS) is 0. The first-order valence-corrected chi connectivity index (χ1v) is 0. The molecule has 0 amide bonds. The predicted octanol–water partition coefficient (Wildman–Crippen LogP) is 0.154. The summed E-state index contributed by atoms with van der Waals surface area (Å²) >= 11 is 0. The van der Waals surface area contributed by atoms with Gasteiger partial charge in [-0.15, -0.1) is 0 Å². The van der Waals surface area contributed by atoms with Gasteiger partial charge >= 0.3 is 0 Å². The van der Waals surface area contributed by atoms with Gasteiger partial charge in [0, 0.05) is 54.9 Å². The van der Waals surface area contributed by atoms with Gasteiger partial charge in [-0.2, -0.15) is 0 Å². The van der Waals surface area contributed by atoms with Crippen LogP contribution in [0.1, 0.15) is 0 Å². The average Bonchev–Trinajstić information content (AvgIpc) is 0. The first-order valence-electron chi connectivity index (χ1n) is 0. The second-order valence-electron chi connectivity index (χ2n) is 0. The van der Waals surface area contributed by atoms with E-state index in [9.17, 15) is 0 Å². The quantitative estimate of drug-likeness (QED) is 0.588. The molecule has 31 valence electrons. The molecule has 0 bridgehead atoms. The van der Waals surface area contributed by atoms with Crippen LogP contribution < -0.4 is 6.15 Å². The Morgan fingerprint density at radius 2 is 1.00 bits per heavy atom. The molecule has 0 rings (SSSR count). The molecule has 1 nitrogen and oxygen atoms in total. The van der Waals surface area contributed by atoms with E-state index in [1.807, 2.05) is 0 Å². The molecule has 0 spiro atoms. The van der Waals surface area contributed by atoms with Crippen LogP contribution in [-0.4, -0.2) is 0 Å². The van der Waals surface area contributed by atoms with Crippen molar-refractivity contribution in [3.63, 3.8) is 0 Å². The van der Waals surface area contributed by atoms with Gasteiger partial charge in [-0.05, 0) is 0 Å². The maximum atomic E-state index is 0. The van der Waals surface area contributed by atoms with Crippen molar-refractivity contribution in [1.29, 1.82) is 0 Å². The van der Waals surface area contributed by atoms with Crippen LogP contribution in [0, 0.1) is 0 Å². The predicted molar refractivity (Wildman–Crippen MR) is 5.02 cm³/mol. The Morgan fingerprint density at radius 1 is 1.00 bits per heavy atom. The molecule has 1 radical (unpaired) electrons. The summed E-state index contributed by atoms with van der Waals surface area (Å²) in [4.78, 5) is 0. The Morgan fingerprint density at radius 3 is 1.00 bits per heavy atom. The van der Waals surface area contributed by atoms with E-state index in [2.05, 4.69) is 0 Å². The van der Waals surface area contributed by atoms with E-state index in [-0.39, 0.29) is 61.1 Å². The maximum Gasteiger partial charge on any atom is 0 e. The molecule has 0 aromatic rings. The molecule has 3 N–H and O–H groups in total.